The summed E-state index contributed by atoms with van der Waals surface area (Å²) in [6.45, 7) is 2.46. The molecule has 0 unspecified atom stereocenters. The van der Waals surface area contributed by atoms with Crippen LogP contribution in [-0.2, 0) is 30.4 Å². The van der Waals surface area contributed by atoms with Crippen LogP contribution in [0.4, 0.5) is 0 Å². The van der Waals surface area contributed by atoms with Crippen molar-refractivity contribution in [3.8, 4) is 5.75 Å². The molecule has 0 heterocycles. The Balaban J connectivity index is 2.88. The van der Waals surface area contributed by atoms with Gasteiger partial charge in [0.1, 0.15) is 11.8 Å². The number of rotatable bonds is 15. The lowest BCUT2D eigenvalue weighted by Crippen LogP contribution is -2.48. The number of carboxylic acid groups (broad SMARTS) is 3. The smallest absolute Gasteiger partial charge is 0.372 e. The number of nitrogens with one attached hydrogen (secondary N) is 2. The molecule has 0 aliphatic heterocycles. The zero-order valence-corrected chi connectivity index (χ0v) is 18.2. The molecule has 0 saturated carbocycles. The molecule has 0 radical (unpaired) electrons. The Hall–Kier alpha value is -3.89. The zero-order valence-electron chi connectivity index (χ0n) is 18.2. The van der Waals surface area contributed by atoms with E-state index in [0.717, 1.165) is 19.3 Å². The van der Waals surface area contributed by atoms with Gasteiger partial charge in [0.05, 0.1) is 12.5 Å². The van der Waals surface area contributed by atoms with Crippen LogP contribution in [0, 0.1) is 0 Å². The van der Waals surface area contributed by atoms with Gasteiger partial charge in [-0.2, -0.15) is 0 Å². The molecule has 1 aromatic carbocycles. The number of benzene rings is 1. The minimum absolute atomic E-state index is 0.0692. The van der Waals surface area contributed by atoms with Crippen LogP contribution in [0.25, 0.3) is 0 Å². The third kappa shape index (κ3) is 11.3. The van der Waals surface area contributed by atoms with Crippen LogP contribution >= 0.6 is 0 Å². The average Bonchev–Trinajstić information content (AvgIpc) is 2.75. The van der Waals surface area contributed by atoms with Crippen LogP contribution in [0.3, 0.4) is 0 Å². The number of carbonyl (C=O) groups excluding carboxylic acids is 2. The highest BCUT2D eigenvalue weighted by Crippen LogP contribution is 2.17. The van der Waals surface area contributed by atoms with E-state index in [1.807, 2.05) is 6.92 Å². The van der Waals surface area contributed by atoms with Crippen molar-refractivity contribution in [3.05, 3.63) is 41.7 Å². The number of unbranched alkanes of at least 4 members (excludes halogenated alkanes) is 2. The maximum atomic E-state index is 12.6. The van der Waals surface area contributed by atoms with Crippen LogP contribution in [0.15, 0.2) is 36.1 Å². The summed E-state index contributed by atoms with van der Waals surface area (Å²) in [7, 11) is 0. The molecule has 2 amide bonds. The van der Waals surface area contributed by atoms with E-state index in [2.05, 4.69) is 10.6 Å². The summed E-state index contributed by atoms with van der Waals surface area (Å²) in [5.41, 5.74) is 0.605. The van der Waals surface area contributed by atoms with Crippen molar-refractivity contribution in [2.24, 2.45) is 0 Å². The van der Waals surface area contributed by atoms with E-state index in [1.165, 1.54) is 24.3 Å². The Morgan fingerprint density at radius 3 is 2.21 bits per heavy atom. The predicted octanol–water partition coefficient (Wildman–Crippen LogP) is 1.32. The van der Waals surface area contributed by atoms with Gasteiger partial charge >= 0.3 is 17.9 Å². The van der Waals surface area contributed by atoms with Crippen molar-refractivity contribution in [2.45, 2.75) is 51.5 Å². The molecule has 0 bridgehead atoms. The van der Waals surface area contributed by atoms with Gasteiger partial charge in [0.25, 0.3) is 0 Å². The molecular formula is C22H28N2O9. The highest BCUT2D eigenvalue weighted by Gasteiger charge is 2.21. The second kappa shape index (κ2) is 14.2. The number of aliphatic carboxylic acids is 3. The molecule has 180 valence electrons. The van der Waals surface area contributed by atoms with Gasteiger partial charge in [-0.3, -0.25) is 14.4 Å². The molecule has 11 nitrogen and oxygen atoms in total. The third-order valence-electron chi connectivity index (χ3n) is 4.35. The third-order valence-corrected chi connectivity index (χ3v) is 4.35. The van der Waals surface area contributed by atoms with Gasteiger partial charge in [0.2, 0.25) is 17.6 Å². The molecule has 0 saturated heterocycles. The zero-order chi connectivity index (χ0) is 24.8. The number of carboxylic acids is 3. The maximum absolute atomic E-state index is 12.6. The summed E-state index contributed by atoms with van der Waals surface area (Å²) in [6, 6.07) is 4.93. The molecule has 1 aromatic rings. The van der Waals surface area contributed by atoms with Gasteiger partial charge in [-0.05, 0) is 24.1 Å². The summed E-state index contributed by atoms with van der Waals surface area (Å²) in [6.07, 6.45) is 2.58. The number of ether oxygens (including phenoxy) is 1. The first-order valence-electron chi connectivity index (χ1n) is 10.4. The van der Waals surface area contributed by atoms with E-state index in [0.29, 0.717) is 18.2 Å². The van der Waals surface area contributed by atoms with Crippen molar-refractivity contribution >= 4 is 29.7 Å². The average molecular weight is 464 g/mol. The Bertz CT molecular complexity index is 878. The van der Waals surface area contributed by atoms with Gasteiger partial charge < -0.3 is 30.7 Å². The number of hydrogen-bond acceptors (Lipinski definition) is 6. The van der Waals surface area contributed by atoms with Crippen molar-refractivity contribution in [1.82, 2.24) is 10.6 Å². The minimum atomic E-state index is -1.55. The molecule has 0 fully saturated rings. The van der Waals surface area contributed by atoms with Gasteiger partial charge in [-0.25, -0.2) is 9.59 Å². The van der Waals surface area contributed by atoms with E-state index < -0.39 is 41.5 Å². The normalized spacial score (nSPS) is 11.8. The van der Waals surface area contributed by atoms with Gasteiger partial charge in [0, 0.05) is 19.4 Å². The lowest BCUT2D eigenvalue weighted by atomic mass is 10.0. The highest BCUT2D eigenvalue weighted by molar-refractivity contribution is 5.93. The monoisotopic (exact) mass is 464 g/mol. The molecule has 0 aliphatic carbocycles. The number of amides is 2. The SMILES string of the molecule is CCCCCNC(=O)[C@H](Cc1ccc(OC(=CC(=O)O)C(=O)O)cc1)NC(=O)CCC(=O)O. The number of hydrogen-bond donors (Lipinski definition) is 5. The fourth-order valence-electron chi connectivity index (χ4n) is 2.71. The molecule has 0 aliphatic rings. The first-order valence-corrected chi connectivity index (χ1v) is 10.4. The molecule has 0 spiro atoms. The molecule has 1 atom stereocenters. The van der Waals surface area contributed by atoms with E-state index >= 15 is 0 Å². The van der Waals surface area contributed by atoms with Crippen molar-refractivity contribution in [1.29, 1.82) is 0 Å². The summed E-state index contributed by atoms with van der Waals surface area (Å²) in [5, 5.41) is 31.8. The second-order valence-corrected chi connectivity index (χ2v) is 7.11. The van der Waals surface area contributed by atoms with E-state index in [-0.39, 0.29) is 25.0 Å². The van der Waals surface area contributed by atoms with Crippen molar-refractivity contribution < 1.29 is 44.0 Å². The number of carbonyl (C=O) groups is 5. The lowest BCUT2D eigenvalue weighted by Gasteiger charge is -2.19. The predicted molar refractivity (Wildman–Crippen MR) is 115 cm³/mol. The summed E-state index contributed by atoms with van der Waals surface area (Å²) < 4.78 is 5.07. The summed E-state index contributed by atoms with van der Waals surface area (Å²) >= 11 is 0. The molecular weight excluding hydrogens is 436 g/mol. The van der Waals surface area contributed by atoms with E-state index in [4.69, 9.17) is 20.1 Å². The first-order chi connectivity index (χ1) is 15.6. The standard InChI is InChI=1S/C22H28N2O9/c1-2-3-4-11-23-21(30)16(24-18(25)9-10-19(26)27)12-14-5-7-15(8-6-14)33-17(22(31)32)13-20(28)29/h5-8,13,16H,2-4,9-12H2,1H3,(H,23,30)(H,24,25)(H,26,27)(H,28,29)(H,31,32)/t16-/m0/s1. The maximum Gasteiger partial charge on any atom is 0.372 e. The fourth-order valence-corrected chi connectivity index (χ4v) is 2.71. The topological polar surface area (TPSA) is 179 Å². The Kier molecular flexibility index (Phi) is 11.7. The summed E-state index contributed by atoms with van der Waals surface area (Å²) in [5.74, 6) is -5.84. The van der Waals surface area contributed by atoms with Gasteiger partial charge in [0.15, 0.2) is 0 Å². The second-order valence-electron chi connectivity index (χ2n) is 7.11. The first kappa shape index (κ1) is 27.1. The minimum Gasteiger partial charge on any atom is -0.481 e. The van der Waals surface area contributed by atoms with Crippen molar-refractivity contribution in [2.75, 3.05) is 6.54 Å². The van der Waals surface area contributed by atoms with Crippen LogP contribution in [0.5, 0.6) is 5.75 Å². The van der Waals surface area contributed by atoms with Gasteiger partial charge in [-0.15, -0.1) is 0 Å². The molecule has 11 heteroatoms. The quantitative estimate of drug-likeness (QED) is 0.145. The fraction of sp³-hybridized carbons (Fsp3) is 0.409. The molecule has 5 N–H and O–H groups in total. The van der Waals surface area contributed by atoms with Crippen LogP contribution < -0.4 is 15.4 Å². The van der Waals surface area contributed by atoms with Crippen LogP contribution in [0.2, 0.25) is 0 Å². The Morgan fingerprint density at radius 2 is 1.67 bits per heavy atom. The Labute approximate surface area is 190 Å². The Morgan fingerprint density at radius 1 is 1.00 bits per heavy atom. The van der Waals surface area contributed by atoms with Crippen LogP contribution in [0.1, 0.15) is 44.6 Å². The molecule has 0 aromatic heterocycles. The van der Waals surface area contributed by atoms with E-state index in [9.17, 15) is 24.0 Å². The van der Waals surface area contributed by atoms with E-state index in [1.54, 1.807) is 0 Å². The highest BCUT2D eigenvalue weighted by atomic mass is 16.5. The van der Waals surface area contributed by atoms with Crippen molar-refractivity contribution in [3.63, 3.8) is 0 Å². The lowest BCUT2D eigenvalue weighted by molar-refractivity contribution is -0.139. The van der Waals surface area contributed by atoms with Gasteiger partial charge in [-0.1, -0.05) is 31.9 Å². The summed E-state index contributed by atoms with van der Waals surface area (Å²) in [4.78, 5) is 57.1. The van der Waals surface area contributed by atoms with Crippen LogP contribution in [-0.4, -0.2) is 57.6 Å². The molecule has 33 heavy (non-hydrogen) atoms. The largest absolute Gasteiger partial charge is 0.481 e. The molecule has 1 rings (SSSR count).